The Morgan fingerprint density at radius 2 is 1.08 bits per heavy atom. The highest BCUT2D eigenvalue weighted by molar-refractivity contribution is 8.14. The fourth-order valence-electron chi connectivity index (χ4n) is 6.56. The summed E-state index contributed by atoms with van der Waals surface area (Å²) in [6, 6.07) is 3.85. The zero-order valence-electron chi connectivity index (χ0n) is 22.5. The van der Waals surface area contributed by atoms with Gasteiger partial charge in [-0.05, 0) is 73.0 Å². The lowest BCUT2D eigenvalue weighted by Crippen LogP contribution is -2.43. The molecule has 0 radical (unpaired) electrons. The van der Waals surface area contributed by atoms with Crippen molar-refractivity contribution in [3.63, 3.8) is 0 Å². The Kier molecular flexibility index (Phi) is 9.38. The number of rotatable bonds is 9. The van der Waals surface area contributed by atoms with Crippen molar-refractivity contribution in [2.45, 2.75) is 119 Å². The summed E-state index contributed by atoms with van der Waals surface area (Å²) in [4.78, 5) is 0. The van der Waals surface area contributed by atoms with E-state index in [2.05, 4.69) is 0 Å². The van der Waals surface area contributed by atoms with E-state index in [1.54, 1.807) is 0 Å². The van der Waals surface area contributed by atoms with E-state index < -0.39 is 39.5 Å². The lowest BCUT2D eigenvalue weighted by atomic mass is 9.75. The van der Waals surface area contributed by atoms with Gasteiger partial charge in [0.15, 0.2) is 14.9 Å². The average Bonchev–Trinajstić information content (AvgIpc) is 2.88. The highest BCUT2D eigenvalue weighted by atomic mass is 32.3. The van der Waals surface area contributed by atoms with Crippen LogP contribution in [0, 0.1) is 0 Å². The molecule has 4 rings (SSSR count). The van der Waals surface area contributed by atoms with Gasteiger partial charge in [-0.3, -0.25) is 0 Å². The molecule has 1 aromatic carbocycles. The molecule has 222 valence electrons. The van der Waals surface area contributed by atoms with Crippen LogP contribution in [0.2, 0.25) is 0 Å². The first-order valence-corrected chi connectivity index (χ1v) is 19.2. The van der Waals surface area contributed by atoms with Gasteiger partial charge in [0, 0.05) is 6.26 Å². The summed E-state index contributed by atoms with van der Waals surface area (Å²) >= 11 is 0. The number of sulfone groups is 2. The second-order valence-corrected chi connectivity index (χ2v) is 18.1. The van der Waals surface area contributed by atoms with Gasteiger partial charge < -0.3 is 4.18 Å². The van der Waals surface area contributed by atoms with Gasteiger partial charge >= 0.3 is 14.7 Å². The van der Waals surface area contributed by atoms with Crippen molar-refractivity contribution in [3.8, 4) is 5.75 Å². The van der Waals surface area contributed by atoms with Gasteiger partial charge in [0.2, 0.25) is 9.84 Å². The summed E-state index contributed by atoms with van der Waals surface area (Å²) in [7, 11) is -16.5. The fraction of sp³-hybridized carbons (Fsp3) is 0.778. The predicted octanol–water partition coefficient (Wildman–Crippen LogP) is 6.51. The zero-order valence-corrected chi connectivity index (χ0v) is 25.0. The monoisotopic (exact) mass is 610 g/mol. The quantitative estimate of drug-likeness (QED) is 0.293. The van der Waals surface area contributed by atoms with Crippen molar-refractivity contribution < 1.29 is 38.2 Å². The Hall–Kier alpha value is -1.27. The van der Waals surface area contributed by atoms with Crippen LogP contribution in [0.4, 0.5) is 8.78 Å². The molecule has 3 saturated carbocycles. The molecule has 0 N–H and O–H groups in total. The van der Waals surface area contributed by atoms with Crippen molar-refractivity contribution in [3.05, 3.63) is 28.8 Å². The molecule has 0 amide bonds. The van der Waals surface area contributed by atoms with Crippen molar-refractivity contribution in [1.82, 2.24) is 0 Å². The summed E-state index contributed by atoms with van der Waals surface area (Å²) in [6.45, 7) is 0. The van der Waals surface area contributed by atoms with E-state index in [1.165, 1.54) is 0 Å². The molecule has 12 heteroatoms. The molecule has 1 aromatic rings. The van der Waals surface area contributed by atoms with Crippen LogP contribution < -0.4 is 4.18 Å². The van der Waals surface area contributed by atoms with Crippen LogP contribution in [0.1, 0.15) is 131 Å². The van der Waals surface area contributed by atoms with Gasteiger partial charge in [0.05, 0.1) is 0 Å². The van der Waals surface area contributed by atoms with E-state index in [4.69, 9.17) is 4.18 Å². The Morgan fingerprint density at radius 3 is 1.46 bits per heavy atom. The molecule has 0 spiro atoms. The topological polar surface area (TPSA) is 112 Å². The van der Waals surface area contributed by atoms with E-state index in [0.717, 1.165) is 102 Å². The first-order chi connectivity index (χ1) is 18.2. The highest BCUT2D eigenvalue weighted by Crippen LogP contribution is 2.48. The van der Waals surface area contributed by atoms with Crippen LogP contribution in [0.15, 0.2) is 12.1 Å². The maximum atomic E-state index is 15.1. The van der Waals surface area contributed by atoms with Gasteiger partial charge in [-0.1, -0.05) is 69.9 Å². The second kappa shape index (κ2) is 11.9. The summed E-state index contributed by atoms with van der Waals surface area (Å²) in [5.41, 5.74) is 2.22. The highest BCUT2D eigenvalue weighted by Gasteiger charge is 2.61. The molecule has 7 nitrogen and oxygen atoms in total. The smallest absolute Gasteiger partial charge is 0.377 e. The van der Waals surface area contributed by atoms with E-state index in [1.807, 2.05) is 12.1 Å². The van der Waals surface area contributed by atoms with Gasteiger partial charge in [0.25, 0.3) is 0 Å². The molecule has 0 aliphatic heterocycles. The molecule has 0 saturated heterocycles. The van der Waals surface area contributed by atoms with E-state index in [-0.39, 0.29) is 17.6 Å². The summed E-state index contributed by atoms with van der Waals surface area (Å²) < 4.78 is 104. The van der Waals surface area contributed by atoms with Crippen LogP contribution >= 0.6 is 0 Å². The molecule has 0 bridgehead atoms. The number of alkyl halides is 2. The zero-order chi connectivity index (χ0) is 28.5. The molecule has 39 heavy (non-hydrogen) atoms. The second-order valence-electron chi connectivity index (χ2n) is 11.7. The van der Waals surface area contributed by atoms with Crippen molar-refractivity contribution in [2.75, 3.05) is 11.3 Å². The van der Waals surface area contributed by atoms with Gasteiger partial charge in [-0.2, -0.15) is 17.2 Å². The van der Waals surface area contributed by atoms with Crippen LogP contribution in [0.5, 0.6) is 5.75 Å². The first-order valence-electron chi connectivity index (χ1n) is 14.1. The van der Waals surface area contributed by atoms with E-state index in [0.29, 0.717) is 23.3 Å². The molecule has 0 heterocycles. The molecule has 3 aliphatic carbocycles. The lowest BCUT2D eigenvalue weighted by molar-refractivity contribution is 0.168. The van der Waals surface area contributed by atoms with Gasteiger partial charge in [0.1, 0.15) is 5.75 Å². The van der Waals surface area contributed by atoms with Crippen molar-refractivity contribution in [1.29, 1.82) is 0 Å². The molecular weight excluding hydrogens is 570 g/mol. The number of hydrogen-bond donors (Lipinski definition) is 0. The molecule has 0 unspecified atom stereocenters. The summed E-state index contributed by atoms with van der Waals surface area (Å²) in [5, 5.41) is -2.00. The third-order valence-corrected chi connectivity index (χ3v) is 14.6. The largest absolute Gasteiger partial charge is 0.482 e. The minimum absolute atomic E-state index is 0.0870. The SMILES string of the molecule is CS(=O)(=O)CS(=O)(=O)C(F)(F)S(=O)(=O)Oc1c(C2CCCCC2)cc(C2CCCCC2)cc1C1CCCCC1. The molecule has 3 aliphatic rings. The third kappa shape index (κ3) is 6.97. The Morgan fingerprint density at radius 1 is 0.692 bits per heavy atom. The molecule has 0 aromatic heterocycles. The van der Waals surface area contributed by atoms with Gasteiger partial charge in [-0.15, -0.1) is 0 Å². The Labute approximate surface area is 232 Å². The van der Waals surface area contributed by atoms with Crippen LogP contribution in [-0.2, 0) is 29.8 Å². The maximum absolute atomic E-state index is 15.1. The minimum Gasteiger partial charge on any atom is -0.377 e. The summed E-state index contributed by atoms with van der Waals surface area (Å²) in [6.07, 6.45) is 14.6. The van der Waals surface area contributed by atoms with Crippen molar-refractivity contribution >= 4 is 29.8 Å². The summed E-state index contributed by atoms with van der Waals surface area (Å²) in [5.74, 6) is -0.0413. The molecule has 3 fully saturated rings. The first kappa shape index (κ1) is 30.7. The Bertz CT molecular complexity index is 1300. The standard InChI is InChI=1S/C27H40F2O7S3/c1-37(30,31)19-38(32,33)27(28,29)39(34,35)36-26-24(21-13-7-3-8-14-21)17-23(20-11-5-2-6-12-20)18-25(26)22-15-9-4-10-16-22/h17-18,20-22H,2-16,19H2,1H3. The lowest BCUT2D eigenvalue weighted by Gasteiger charge is -2.32. The predicted molar refractivity (Wildman–Crippen MR) is 147 cm³/mol. The van der Waals surface area contributed by atoms with Crippen LogP contribution in [-0.4, -0.2) is 41.2 Å². The van der Waals surface area contributed by atoms with Gasteiger partial charge in [-0.25, -0.2) is 16.8 Å². The maximum Gasteiger partial charge on any atom is 0.482 e. The van der Waals surface area contributed by atoms with E-state index >= 15 is 8.78 Å². The number of halogens is 2. The minimum atomic E-state index is -6.09. The van der Waals surface area contributed by atoms with Crippen LogP contribution in [0.3, 0.4) is 0 Å². The fourth-order valence-corrected chi connectivity index (χ4v) is 11.7. The normalized spacial score (nSPS) is 21.6. The molecular formula is C27H40F2O7S3. The molecule has 0 atom stereocenters. The average molecular weight is 611 g/mol. The Balaban J connectivity index is 1.85. The van der Waals surface area contributed by atoms with Crippen molar-refractivity contribution in [2.24, 2.45) is 0 Å². The number of hydrogen-bond acceptors (Lipinski definition) is 7. The third-order valence-electron chi connectivity index (χ3n) is 8.55. The van der Waals surface area contributed by atoms with Crippen LogP contribution in [0.25, 0.3) is 0 Å². The number of benzene rings is 1. The van der Waals surface area contributed by atoms with E-state index in [9.17, 15) is 25.3 Å².